The van der Waals surface area contributed by atoms with Gasteiger partial charge in [0.25, 0.3) is 15.9 Å². The molecule has 1 saturated heterocycles. The lowest BCUT2D eigenvalue weighted by molar-refractivity contribution is -0.140. The van der Waals surface area contributed by atoms with Crippen molar-refractivity contribution in [2.24, 2.45) is 5.92 Å². The Morgan fingerprint density at radius 1 is 1.09 bits per heavy atom. The second-order valence-corrected chi connectivity index (χ2v) is 15.2. The molecule has 1 unspecified atom stereocenters. The van der Waals surface area contributed by atoms with Crippen LogP contribution < -0.4 is 14.9 Å². The quantitative estimate of drug-likeness (QED) is 0.379. The average molecular weight is 635 g/mol. The van der Waals surface area contributed by atoms with E-state index in [2.05, 4.69) is 54.5 Å². The highest BCUT2D eigenvalue weighted by Crippen LogP contribution is 2.41. The maximum Gasteiger partial charge on any atom is 0.305 e. The van der Waals surface area contributed by atoms with E-state index in [0.29, 0.717) is 31.0 Å². The number of aryl methyl sites for hydroxylation is 1. The third kappa shape index (κ3) is 7.27. The third-order valence-electron chi connectivity index (χ3n) is 8.57. The summed E-state index contributed by atoms with van der Waals surface area (Å²) in [4.78, 5) is 41.5. The molecule has 11 nitrogen and oxygen atoms in total. The number of pyridine rings is 3. The van der Waals surface area contributed by atoms with Gasteiger partial charge in [-0.05, 0) is 81.3 Å². The topological polar surface area (TPSA) is 143 Å². The van der Waals surface area contributed by atoms with Gasteiger partial charge in [0.1, 0.15) is 11.6 Å². The number of esters is 1. The van der Waals surface area contributed by atoms with Crippen molar-refractivity contribution in [2.45, 2.75) is 88.7 Å². The van der Waals surface area contributed by atoms with E-state index < -0.39 is 15.9 Å². The summed E-state index contributed by atoms with van der Waals surface area (Å²) in [7, 11) is -2.94. The number of carbonyl (C=O) groups excluding carboxylic acids is 2. The summed E-state index contributed by atoms with van der Waals surface area (Å²) in [6, 6.07) is 11.7. The van der Waals surface area contributed by atoms with Gasteiger partial charge in [0, 0.05) is 35.8 Å². The lowest BCUT2D eigenvalue weighted by Crippen LogP contribution is -2.41. The summed E-state index contributed by atoms with van der Waals surface area (Å²) in [6.07, 6.45) is 4.97. The van der Waals surface area contributed by atoms with Gasteiger partial charge in [-0.25, -0.2) is 14.7 Å². The lowest BCUT2D eigenvalue weighted by atomic mass is 9.90. The number of fused-ring (bicyclic) bond motifs is 6. The predicted octanol–water partition coefficient (Wildman–Crippen LogP) is 4.95. The molecule has 0 aliphatic carbocycles. The van der Waals surface area contributed by atoms with Gasteiger partial charge in [-0.1, -0.05) is 32.9 Å². The highest BCUT2D eigenvalue weighted by Gasteiger charge is 2.41. The molecule has 0 spiro atoms. The smallest absolute Gasteiger partial charge is 0.305 e. The average Bonchev–Trinajstić information content (AvgIpc) is 3.30. The van der Waals surface area contributed by atoms with Crippen molar-refractivity contribution in [3.05, 3.63) is 71.2 Å². The molecule has 1 amide bonds. The second-order valence-electron chi connectivity index (χ2n) is 13.5. The number of carbonyl (C=O) groups is 2. The van der Waals surface area contributed by atoms with Crippen LogP contribution in [0.4, 0.5) is 11.6 Å². The number of methoxy groups -OCH3 is 1. The van der Waals surface area contributed by atoms with Crippen LogP contribution in [0.3, 0.4) is 0 Å². The van der Waals surface area contributed by atoms with Gasteiger partial charge in [-0.15, -0.1) is 0 Å². The van der Waals surface area contributed by atoms with E-state index in [-0.39, 0.29) is 45.9 Å². The molecule has 45 heavy (non-hydrogen) atoms. The van der Waals surface area contributed by atoms with Crippen LogP contribution in [0, 0.1) is 5.92 Å². The minimum absolute atomic E-state index is 0.207. The number of hydrogen-bond donors (Lipinski definition) is 2. The van der Waals surface area contributed by atoms with Crippen molar-refractivity contribution in [3.63, 3.8) is 0 Å². The molecule has 0 aromatic carbocycles. The van der Waals surface area contributed by atoms with Crippen LogP contribution in [0.5, 0.6) is 0 Å². The molecule has 5 rings (SSSR count). The predicted molar refractivity (Wildman–Crippen MR) is 172 cm³/mol. The first-order chi connectivity index (χ1) is 21.2. The first-order valence-electron chi connectivity index (χ1n) is 15.3. The first kappa shape index (κ1) is 32.3. The van der Waals surface area contributed by atoms with Gasteiger partial charge < -0.3 is 15.0 Å². The van der Waals surface area contributed by atoms with Gasteiger partial charge >= 0.3 is 5.97 Å². The fraction of sp³-hybridized carbons (Fsp3) is 0.485. The molecule has 3 aromatic rings. The van der Waals surface area contributed by atoms with Crippen LogP contribution in [-0.4, -0.2) is 54.4 Å². The SMILES string of the molecule is COC(=O)CCc1ccc(C2CC[C@@H]3CN(c4nc(C(C)(C)C)ccc4C(=O)NS(=O)(=O)c4cccc(n4)N2)C(C)(C)C3)nc1. The van der Waals surface area contributed by atoms with Gasteiger partial charge in [-0.3, -0.25) is 14.6 Å². The Morgan fingerprint density at radius 3 is 2.56 bits per heavy atom. The Morgan fingerprint density at radius 2 is 1.87 bits per heavy atom. The van der Waals surface area contributed by atoms with E-state index in [1.54, 1.807) is 30.5 Å². The zero-order valence-corrected chi connectivity index (χ0v) is 27.6. The summed E-state index contributed by atoms with van der Waals surface area (Å²) < 4.78 is 33.9. The highest BCUT2D eigenvalue weighted by atomic mass is 32.2. The molecular formula is C33H42N6O5S. The molecule has 0 saturated carbocycles. The standard InChI is InChI=1S/C33H42N6O5S/c1-32(2,3)26-16-13-23-30(36-26)39-20-22(18-33(39,4)5)11-15-25(24-14-10-21(19-34-24)12-17-29(40)44-6)35-27-8-7-9-28(37-27)45(42,43)38-31(23)41/h7-10,13-14,16,19,22,25H,11-12,15,17-18,20H2,1-6H3,(H,35,37)(H,38,41)/t22-,25?/m0/s1. The van der Waals surface area contributed by atoms with Crippen molar-refractivity contribution >= 4 is 33.5 Å². The largest absolute Gasteiger partial charge is 0.469 e. The lowest BCUT2D eigenvalue weighted by Gasteiger charge is -2.34. The van der Waals surface area contributed by atoms with Crippen molar-refractivity contribution in [1.82, 2.24) is 19.7 Å². The number of anilines is 2. The molecule has 4 bridgehead atoms. The third-order valence-corrected chi connectivity index (χ3v) is 9.80. The number of aromatic nitrogens is 3. The molecule has 12 heteroatoms. The Labute approximate surface area is 265 Å². The van der Waals surface area contributed by atoms with Gasteiger partial charge in [0.15, 0.2) is 5.03 Å². The molecule has 5 heterocycles. The number of rotatable bonds is 4. The molecule has 3 aromatic heterocycles. The zero-order chi connectivity index (χ0) is 32.6. The Bertz CT molecular complexity index is 1680. The van der Waals surface area contributed by atoms with E-state index in [9.17, 15) is 18.0 Å². The molecule has 2 aliphatic rings. The maximum atomic E-state index is 13.6. The number of hydrogen-bond acceptors (Lipinski definition) is 10. The van der Waals surface area contributed by atoms with Crippen molar-refractivity contribution in [1.29, 1.82) is 0 Å². The normalized spacial score (nSPS) is 21.0. The van der Waals surface area contributed by atoms with Gasteiger partial charge in [0.05, 0.1) is 24.4 Å². The number of amides is 1. The van der Waals surface area contributed by atoms with Crippen LogP contribution in [0.15, 0.2) is 53.7 Å². The monoisotopic (exact) mass is 634 g/mol. The van der Waals surface area contributed by atoms with Crippen LogP contribution in [0.25, 0.3) is 0 Å². The Hall–Kier alpha value is -4.06. The second kappa shape index (κ2) is 12.4. The summed E-state index contributed by atoms with van der Waals surface area (Å²) >= 11 is 0. The number of nitrogens with zero attached hydrogens (tertiary/aromatic N) is 4. The van der Waals surface area contributed by atoms with Crippen LogP contribution in [0.1, 0.15) is 93.7 Å². The van der Waals surface area contributed by atoms with Crippen molar-refractivity contribution in [2.75, 3.05) is 23.9 Å². The minimum Gasteiger partial charge on any atom is -0.469 e. The summed E-state index contributed by atoms with van der Waals surface area (Å²) in [5, 5.41) is 3.13. The van der Waals surface area contributed by atoms with Gasteiger partial charge in [-0.2, -0.15) is 8.42 Å². The summed E-state index contributed by atoms with van der Waals surface area (Å²) in [5.41, 5.74) is 2.11. The van der Waals surface area contributed by atoms with Crippen LogP contribution >= 0.6 is 0 Å². The van der Waals surface area contributed by atoms with E-state index in [1.165, 1.54) is 13.2 Å². The van der Waals surface area contributed by atoms with Crippen molar-refractivity contribution < 1.29 is 22.7 Å². The Kier molecular flexibility index (Phi) is 8.90. The Balaban J connectivity index is 1.54. The zero-order valence-electron chi connectivity index (χ0n) is 26.8. The molecule has 240 valence electrons. The molecular weight excluding hydrogens is 592 g/mol. The summed E-state index contributed by atoms with van der Waals surface area (Å²) in [6.45, 7) is 11.1. The van der Waals surface area contributed by atoms with E-state index >= 15 is 0 Å². The number of ether oxygens (including phenoxy) is 1. The number of nitrogens with one attached hydrogen (secondary N) is 2. The fourth-order valence-electron chi connectivity index (χ4n) is 6.09. The summed E-state index contributed by atoms with van der Waals surface area (Å²) in [5.74, 6) is 0.0974. The van der Waals surface area contributed by atoms with Crippen molar-refractivity contribution in [3.8, 4) is 0 Å². The minimum atomic E-state index is -4.31. The molecule has 2 atom stereocenters. The van der Waals surface area contributed by atoms with Gasteiger partial charge in [0.2, 0.25) is 0 Å². The van der Waals surface area contributed by atoms with E-state index in [1.807, 2.05) is 12.1 Å². The first-order valence-corrected chi connectivity index (χ1v) is 16.8. The highest BCUT2D eigenvalue weighted by molar-refractivity contribution is 7.90. The molecule has 1 fully saturated rings. The molecule has 0 radical (unpaired) electrons. The van der Waals surface area contributed by atoms with E-state index in [0.717, 1.165) is 29.8 Å². The molecule has 2 aliphatic heterocycles. The fourth-order valence-corrected chi connectivity index (χ4v) is 7.02. The van der Waals surface area contributed by atoms with Crippen LogP contribution in [0.2, 0.25) is 0 Å². The number of sulfonamides is 1. The molecule has 2 N–H and O–H groups in total. The van der Waals surface area contributed by atoms with Crippen LogP contribution in [-0.2, 0) is 31.4 Å². The maximum absolute atomic E-state index is 13.6. The van der Waals surface area contributed by atoms with E-state index in [4.69, 9.17) is 14.7 Å².